The Morgan fingerprint density at radius 2 is 1.37 bits per heavy atom. The van der Waals surface area contributed by atoms with Crippen molar-refractivity contribution < 1.29 is 13.2 Å². The highest BCUT2D eigenvalue weighted by molar-refractivity contribution is 9.13. The fraction of sp³-hybridized carbons (Fsp3) is 0.136. The minimum atomic E-state index is -4.00. The molecule has 0 aliphatic heterocycles. The normalized spacial score (nSPS) is 15.7. The van der Waals surface area contributed by atoms with Gasteiger partial charge < -0.3 is 0 Å². The summed E-state index contributed by atoms with van der Waals surface area (Å²) in [4.78, 5) is 17.0. The van der Waals surface area contributed by atoms with Gasteiger partial charge in [0.15, 0.2) is 11.6 Å². The number of rotatable bonds is 3. The second kappa shape index (κ2) is 8.91. The zero-order valence-corrected chi connectivity index (χ0v) is 20.5. The molecule has 0 saturated heterocycles. The first-order chi connectivity index (χ1) is 14.1. The van der Waals surface area contributed by atoms with Crippen LogP contribution in [0.25, 0.3) is 0 Å². The molecule has 0 heterocycles. The Kier molecular flexibility index (Phi) is 6.69. The average molecular weight is 550 g/mol. The number of hydrogen-bond donors (Lipinski definition) is 0. The van der Waals surface area contributed by atoms with Crippen LogP contribution < -0.4 is 0 Å². The van der Waals surface area contributed by atoms with Crippen molar-refractivity contribution in [2.75, 3.05) is 0 Å². The van der Waals surface area contributed by atoms with Gasteiger partial charge in [0.1, 0.15) is 0 Å². The number of hydrogen-bond acceptors (Lipinski definition) is 3. The number of benzene rings is 2. The van der Waals surface area contributed by atoms with Crippen molar-refractivity contribution in [1.82, 2.24) is 0 Å². The molecule has 0 saturated carbocycles. The lowest BCUT2D eigenvalue weighted by Crippen LogP contribution is -2.19. The summed E-state index contributed by atoms with van der Waals surface area (Å²) in [5.74, 6) is -0.0896. The molecule has 8 heteroatoms. The van der Waals surface area contributed by atoms with Gasteiger partial charge in [-0.15, -0.1) is 4.40 Å². The Labute approximate surface area is 192 Å². The Morgan fingerprint density at radius 1 is 0.833 bits per heavy atom. The third kappa shape index (κ3) is 4.61. The maximum absolute atomic E-state index is 13.0. The number of aryl methyl sites for hydroxylation is 1. The van der Waals surface area contributed by atoms with Gasteiger partial charge in [-0.2, -0.15) is 8.42 Å². The van der Waals surface area contributed by atoms with Crippen LogP contribution in [0, 0.1) is 6.92 Å². The van der Waals surface area contributed by atoms with E-state index in [2.05, 4.69) is 41.3 Å². The molecule has 0 radical (unpaired) electrons. The van der Waals surface area contributed by atoms with Crippen LogP contribution in [-0.2, 0) is 14.8 Å². The minimum absolute atomic E-state index is 0.0232. The van der Waals surface area contributed by atoms with Gasteiger partial charge in [-0.05, 0) is 64.8 Å². The molecule has 0 fully saturated rings. The summed E-state index contributed by atoms with van der Waals surface area (Å²) in [5, 5.41) is 0. The van der Waals surface area contributed by atoms with Crippen LogP contribution in [0.5, 0.6) is 0 Å². The molecular formula is C22H18Br2N2O3S. The number of carbonyl (C=O) groups is 1. The van der Waals surface area contributed by atoms with Crippen LogP contribution in [0.1, 0.15) is 25.0 Å². The molecule has 0 bridgehead atoms. The van der Waals surface area contributed by atoms with Gasteiger partial charge in [-0.3, -0.25) is 4.79 Å². The van der Waals surface area contributed by atoms with Crippen molar-refractivity contribution in [3.8, 4) is 0 Å². The van der Waals surface area contributed by atoms with Gasteiger partial charge >= 0.3 is 0 Å². The average Bonchev–Trinajstić information content (AvgIpc) is 2.74. The molecular weight excluding hydrogens is 532 g/mol. The number of sulfonamides is 1. The van der Waals surface area contributed by atoms with Gasteiger partial charge in [-0.25, -0.2) is 4.99 Å². The summed E-state index contributed by atoms with van der Waals surface area (Å²) in [5.41, 5.74) is 2.87. The Bertz CT molecular complexity index is 1210. The maximum atomic E-state index is 13.0. The van der Waals surface area contributed by atoms with Crippen LogP contribution in [0.4, 0.5) is 0 Å². The van der Waals surface area contributed by atoms with Crippen molar-refractivity contribution >= 4 is 59.2 Å². The molecule has 154 valence electrons. The first-order valence-electron chi connectivity index (χ1n) is 8.95. The van der Waals surface area contributed by atoms with Crippen LogP contribution in [0.3, 0.4) is 0 Å². The number of carbonyl (C=O) groups excluding carboxylic acids is 1. The number of nitrogens with zero attached hydrogens (tertiary/aromatic N) is 2. The molecule has 2 aromatic carbocycles. The third-order valence-electron chi connectivity index (χ3n) is 4.53. The van der Waals surface area contributed by atoms with Gasteiger partial charge in [-0.1, -0.05) is 48.0 Å². The molecule has 30 heavy (non-hydrogen) atoms. The molecule has 0 amide bonds. The predicted molar refractivity (Wildman–Crippen MR) is 127 cm³/mol. The zero-order valence-electron chi connectivity index (χ0n) is 16.5. The summed E-state index contributed by atoms with van der Waals surface area (Å²) in [6.45, 7) is 5.25. The van der Waals surface area contributed by atoms with Crippen LogP contribution in [0.2, 0.25) is 0 Å². The number of ketones is 1. The minimum Gasteiger partial charge on any atom is -0.289 e. The van der Waals surface area contributed by atoms with E-state index in [1.807, 2.05) is 13.0 Å². The summed E-state index contributed by atoms with van der Waals surface area (Å²) in [6.07, 6.45) is 0. The van der Waals surface area contributed by atoms with E-state index in [0.29, 0.717) is 31.4 Å². The van der Waals surface area contributed by atoms with Crippen molar-refractivity contribution in [3.05, 3.63) is 85.8 Å². The Balaban J connectivity index is 2.23. The molecule has 1 aliphatic rings. The largest absolute Gasteiger partial charge is 0.289 e. The third-order valence-corrected chi connectivity index (χ3v) is 7.75. The second-order valence-corrected chi connectivity index (χ2v) is 9.93. The lowest BCUT2D eigenvalue weighted by Gasteiger charge is -2.17. The predicted octanol–water partition coefficient (Wildman–Crippen LogP) is 5.49. The molecule has 0 atom stereocenters. The first kappa shape index (κ1) is 22.5. The monoisotopic (exact) mass is 548 g/mol. The standard InChI is InChI=1S/C22H18Br2N2O3S/c1-13-9-11-17(12-10-13)30(28,29)26-22(16-7-5-4-6-8-16)25-20-18(23)14(2)21(27)15(3)19(20)24/h4-12H,1-3H3. The summed E-state index contributed by atoms with van der Waals surface area (Å²) in [7, 11) is -4.00. The molecule has 0 aromatic heterocycles. The van der Waals surface area contributed by atoms with E-state index in [4.69, 9.17) is 0 Å². The Morgan fingerprint density at radius 3 is 1.90 bits per heavy atom. The second-order valence-electron chi connectivity index (χ2n) is 6.74. The SMILES string of the molecule is CC1=C(Br)C(=NC(=NS(=O)(=O)c2ccc(C)cc2)c2ccccc2)C(Br)=C(C)C1=O. The topological polar surface area (TPSA) is 75.9 Å². The van der Waals surface area contributed by atoms with Crippen molar-refractivity contribution in [1.29, 1.82) is 0 Å². The highest BCUT2D eigenvalue weighted by atomic mass is 79.9. The van der Waals surface area contributed by atoms with Crippen molar-refractivity contribution in [2.45, 2.75) is 25.7 Å². The van der Waals surface area contributed by atoms with Crippen LogP contribution in [-0.4, -0.2) is 25.7 Å². The van der Waals surface area contributed by atoms with Crippen LogP contribution in [0.15, 0.2) is 89.0 Å². The summed E-state index contributed by atoms with van der Waals surface area (Å²) < 4.78 is 30.9. The molecule has 3 rings (SSSR count). The summed E-state index contributed by atoms with van der Waals surface area (Å²) >= 11 is 6.84. The zero-order chi connectivity index (χ0) is 22.1. The van der Waals surface area contributed by atoms with E-state index < -0.39 is 10.0 Å². The lowest BCUT2D eigenvalue weighted by molar-refractivity contribution is -0.112. The molecule has 1 aliphatic carbocycles. The highest BCUT2D eigenvalue weighted by Gasteiger charge is 2.27. The molecule has 0 unspecified atom stereocenters. The number of Topliss-reactive ketones (excluding diaryl/α,β-unsaturated/α-hetero) is 1. The quantitative estimate of drug-likeness (QED) is 0.288. The van der Waals surface area contributed by atoms with E-state index >= 15 is 0 Å². The van der Waals surface area contributed by atoms with Crippen molar-refractivity contribution in [3.63, 3.8) is 0 Å². The van der Waals surface area contributed by atoms with E-state index in [1.165, 1.54) is 12.1 Å². The molecule has 2 aromatic rings. The van der Waals surface area contributed by atoms with E-state index in [1.54, 1.807) is 50.2 Å². The van der Waals surface area contributed by atoms with E-state index in [9.17, 15) is 13.2 Å². The fourth-order valence-electron chi connectivity index (χ4n) is 2.74. The molecule has 0 N–H and O–H groups in total. The first-order valence-corrected chi connectivity index (χ1v) is 12.0. The number of allylic oxidation sites excluding steroid dienone is 4. The van der Waals surface area contributed by atoms with E-state index in [0.717, 1.165) is 5.56 Å². The van der Waals surface area contributed by atoms with Crippen molar-refractivity contribution in [2.24, 2.45) is 9.39 Å². The van der Waals surface area contributed by atoms with Crippen LogP contribution >= 0.6 is 31.9 Å². The highest BCUT2D eigenvalue weighted by Crippen LogP contribution is 2.32. The lowest BCUT2D eigenvalue weighted by atomic mass is 9.98. The smallest absolute Gasteiger partial charge is 0.284 e. The van der Waals surface area contributed by atoms with Gasteiger partial charge in [0, 0.05) is 16.7 Å². The fourth-order valence-corrected chi connectivity index (χ4v) is 4.90. The van der Waals surface area contributed by atoms with E-state index in [-0.39, 0.29) is 16.5 Å². The van der Waals surface area contributed by atoms with Gasteiger partial charge in [0.2, 0.25) is 0 Å². The number of halogens is 2. The maximum Gasteiger partial charge on any atom is 0.284 e. The number of amidine groups is 1. The Hall–Kier alpha value is -2.16. The molecule has 5 nitrogen and oxygen atoms in total. The van der Waals surface area contributed by atoms with Gasteiger partial charge in [0.05, 0.1) is 19.6 Å². The number of aliphatic imine (C=N–C) groups is 1. The summed E-state index contributed by atoms with van der Waals surface area (Å²) in [6, 6.07) is 15.3. The van der Waals surface area contributed by atoms with Gasteiger partial charge in [0.25, 0.3) is 10.0 Å². The molecule has 0 spiro atoms.